The van der Waals surface area contributed by atoms with Crippen molar-refractivity contribution < 1.29 is 24.1 Å². The van der Waals surface area contributed by atoms with Gasteiger partial charge in [0.25, 0.3) is 0 Å². The highest BCUT2D eigenvalue weighted by molar-refractivity contribution is 5.04. The Hall–Kier alpha value is -0.320. The normalized spacial score (nSPS) is 54.2. The van der Waals surface area contributed by atoms with Gasteiger partial charge < -0.3 is 29.0 Å². The molecule has 0 aromatic heterocycles. The molecule has 6 heterocycles. The van der Waals surface area contributed by atoms with E-state index in [1.807, 2.05) is 0 Å². The molecule has 7 rings (SSSR count). The fourth-order valence-electron chi connectivity index (χ4n) is 9.88. The number of likely N-dealkylation sites (N-methyl/N-ethyl adjacent to an activating group) is 1. The molecule has 6 saturated heterocycles. The maximum Gasteiger partial charge on any atom is 0.184 e. The third-order valence-electron chi connectivity index (χ3n) is 12.6. The molecule has 8 heteroatoms. The van der Waals surface area contributed by atoms with Crippen molar-refractivity contribution in [3.05, 3.63) is 0 Å². The molecule has 8 nitrogen and oxygen atoms in total. The van der Waals surface area contributed by atoms with E-state index in [9.17, 15) is 5.11 Å². The Morgan fingerprint density at radius 1 is 0.923 bits per heavy atom. The van der Waals surface area contributed by atoms with Crippen molar-refractivity contribution >= 4 is 0 Å². The molecule has 222 valence electrons. The van der Waals surface area contributed by atoms with E-state index in [1.165, 1.54) is 25.8 Å². The molecule has 6 aliphatic heterocycles. The molecule has 39 heavy (non-hydrogen) atoms. The highest BCUT2D eigenvalue weighted by Gasteiger charge is 2.58. The van der Waals surface area contributed by atoms with E-state index in [2.05, 4.69) is 49.4 Å². The predicted octanol–water partition coefficient (Wildman–Crippen LogP) is 2.99. The lowest BCUT2D eigenvalue weighted by atomic mass is 9.65. The largest absolute Gasteiger partial charge is 0.378 e. The highest BCUT2D eigenvalue weighted by atomic mass is 16.8. The van der Waals surface area contributed by atoms with E-state index < -0.39 is 6.23 Å². The molecule has 0 spiro atoms. The summed E-state index contributed by atoms with van der Waals surface area (Å²) in [7, 11) is 2.28. The van der Waals surface area contributed by atoms with Gasteiger partial charge in [-0.25, -0.2) is 0 Å². The van der Waals surface area contributed by atoms with Gasteiger partial charge in [-0.05, 0) is 82.7 Å². The number of nitrogens with zero attached hydrogens (tertiary/aromatic N) is 3. The van der Waals surface area contributed by atoms with Gasteiger partial charge in [0, 0.05) is 49.1 Å². The molecular formula is C31H53N3O5. The number of hydrogen-bond donors (Lipinski definition) is 1. The van der Waals surface area contributed by atoms with Crippen LogP contribution >= 0.6 is 0 Å². The first kappa shape index (κ1) is 27.5. The van der Waals surface area contributed by atoms with E-state index in [0.29, 0.717) is 42.5 Å². The average molecular weight is 548 g/mol. The van der Waals surface area contributed by atoms with Crippen LogP contribution in [-0.2, 0) is 18.9 Å². The molecule has 0 amide bonds. The Kier molecular flexibility index (Phi) is 7.36. The van der Waals surface area contributed by atoms with Gasteiger partial charge >= 0.3 is 0 Å². The molecule has 14 atom stereocenters. The van der Waals surface area contributed by atoms with Crippen LogP contribution in [0.25, 0.3) is 0 Å². The first-order valence-electron chi connectivity index (χ1n) is 16.2. The Balaban J connectivity index is 1.02. The number of ether oxygens (including phenoxy) is 4. The van der Waals surface area contributed by atoms with Crippen LogP contribution in [0.5, 0.6) is 0 Å². The third kappa shape index (κ3) is 4.83. The molecule has 7 fully saturated rings. The first-order valence-corrected chi connectivity index (χ1v) is 16.2. The molecule has 1 saturated carbocycles. The summed E-state index contributed by atoms with van der Waals surface area (Å²) < 4.78 is 23.4. The van der Waals surface area contributed by atoms with Crippen molar-refractivity contribution in [2.75, 3.05) is 46.4 Å². The van der Waals surface area contributed by atoms with Gasteiger partial charge in [0.15, 0.2) is 12.6 Å². The Labute approximate surface area is 235 Å². The second-order valence-electron chi connectivity index (χ2n) is 14.6. The van der Waals surface area contributed by atoms with Gasteiger partial charge in [-0.15, -0.1) is 0 Å². The lowest BCUT2D eigenvalue weighted by Crippen LogP contribution is -2.59. The molecule has 0 radical (unpaired) electrons. The van der Waals surface area contributed by atoms with Crippen LogP contribution in [-0.4, -0.2) is 115 Å². The monoisotopic (exact) mass is 547 g/mol. The summed E-state index contributed by atoms with van der Waals surface area (Å²) in [5, 5.41) is 11.9. The first-order chi connectivity index (χ1) is 18.8. The van der Waals surface area contributed by atoms with E-state index in [1.54, 1.807) is 0 Å². The fourth-order valence-corrected chi connectivity index (χ4v) is 9.88. The summed E-state index contributed by atoms with van der Waals surface area (Å²) in [6, 6.07) is 1.27. The van der Waals surface area contributed by atoms with Crippen LogP contribution in [0.3, 0.4) is 0 Å². The van der Waals surface area contributed by atoms with E-state index in [0.717, 1.165) is 57.3 Å². The standard InChI is InChI=1S/C31H53N3O5/c1-6-31(10-12-34(30(31)35)25-17-37-28-26(38-28)20(25)4)13-22-15-32(5)14-18(2)33(22)11-9-21-7-8-23-24(19(21)3)16-36-29-27(23)39-29/h18-30,35H,6-17H2,1-5H3. The summed E-state index contributed by atoms with van der Waals surface area (Å²) in [6.07, 6.45) is 7.38. The van der Waals surface area contributed by atoms with Crippen molar-refractivity contribution in [3.8, 4) is 0 Å². The topological polar surface area (TPSA) is 73.5 Å². The molecular weight excluding hydrogens is 494 g/mol. The maximum absolute atomic E-state index is 11.9. The minimum atomic E-state index is -0.409. The van der Waals surface area contributed by atoms with Gasteiger partial charge in [0.1, 0.15) is 18.4 Å². The highest BCUT2D eigenvalue weighted by Crippen LogP contribution is 2.51. The van der Waals surface area contributed by atoms with E-state index >= 15 is 0 Å². The van der Waals surface area contributed by atoms with Crippen LogP contribution < -0.4 is 0 Å². The van der Waals surface area contributed by atoms with Crippen molar-refractivity contribution in [1.82, 2.24) is 14.7 Å². The van der Waals surface area contributed by atoms with Crippen molar-refractivity contribution in [1.29, 1.82) is 0 Å². The number of epoxide rings is 2. The van der Waals surface area contributed by atoms with Crippen molar-refractivity contribution in [2.24, 2.45) is 35.0 Å². The van der Waals surface area contributed by atoms with Crippen LogP contribution in [0.1, 0.15) is 66.2 Å². The summed E-state index contributed by atoms with van der Waals surface area (Å²) in [4.78, 5) is 7.72. The van der Waals surface area contributed by atoms with Crippen LogP contribution in [0, 0.1) is 35.0 Å². The van der Waals surface area contributed by atoms with Gasteiger partial charge in [-0.3, -0.25) is 9.80 Å². The van der Waals surface area contributed by atoms with Crippen LogP contribution in [0.4, 0.5) is 0 Å². The zero-order valence-corrected chi connectivity index (χ0v) is 24.9. The minimum absolute atomic E-state index is 0.00196. The molecule has 14 unspecified atom stereocenters. The number of fused-ring (bicyclic) bond motifs is 4. The predicted molar refractivity (Wildman–Crippen MR) is 148 cm³/mol. The number of hydrogen-bond acceptors (Lipinski definition) is 8. The summed E-state index contributed by atoms with van der Waals surface area (Å²) in [6.45, 7) is 15.4. The number of piperazine rings is 1. The SMILES string of the molecule is CCC1(CC2CN(C)CC(C)N2CCC2CCC3C(COC4OC43)C2C)CCN(C2COC3OC3C2C)C1O. The zero-order chi connectivity index (χ0) is 27.1. The van der Waals surface area contributed by atoms with E-state index in [-0.39, 0.29) is 30.1 Å². The fraction of sp³-hybridized carbons (Fsp3) is 1.00. The number of aliphatic hydroxyl groups excluding tert-OH is 1. The van der Waals surface area contributed by atoms with Crippen LogP contribution in [0.15, 0.2) is 0 Å². The summed E-state index contributed by atoms with van der Waals surface area (Å²) in [5.41, 5.74) is -0.0621. The number of likely N-dealkylation sites (tertiary alicyclic amines) is 1. The van der Waals surface area contributed by atoms with E-state index in [4.69, 9.17) is 18.9 Å². The summed E-state index contributed by atoms with van der Waals surface area (Å²) >= 11 is 0. The van der Waals surface area contributed by atoms with Gasteiger partial charge in [0.05, 0.1) is 13.2 Å². The number of aliphatic hydroxyl groups is 1. The molecule has 1 aliphatic carbocycles. The third-order valence-corrected chi connectivity index (χ3v) is 12.6. The minimum Gasteiger partial charge on any atom is -0.378 e. The van der Waals surface area contributed by atoms with Gasteiger partial charge in [-0.2, -0.15) is 0 Å². The van der Waals surface area contributed by atoms with Crippen molar-refractivity contribution in [3.63, 3.8) is 0 Å². The Bertz CT molecular complexity index is 894. The molecule has 0 aromatic rings. The molecule has 0 bridgehead atoms. The lowest BCUT2D eigenvalue weighted by Gasteiger charge is -2.49. The Morgan fingerprint density at radius 3 is 2.51 bits per heavy atom. The lowest BCUT2D eigenvalue weighted by molar-refractivity contribution is -0.111. The second kappa shape index (κ2) is 10.4. The quantitative estimate of drug-likeness (QED) is 0.488. The van der Waals surface area contributed by atoms with Crippen LogP contribution in [0.2, 0.25) is 0 Å². The smallest absolute Gasteiger partial charge is 0.184 e. The Morgan fingerprint density at radius 2 is 1.69 bits per heavy atom. The molecule has 7 aliphatic rings. The maximum atomic E-state index is 11.9. The summed E-state index contributed by atoms with van der Waals surface area (Å²) in [5.74, 6) is 3.27. The second-order valence-corrected chi connectivity index (χ2v) is 14.6. The average Bonchev–Trinajstić information content (AvgIpc) is 3.83. The molecule has 0 aromatic carbocycles. The zero-order valence-electron chi connectivity index (χ0n) is 24.9. The number of rotatable bonds is 7. The van der Waals surface area contributed by atoms with Crippen molar-refractivity contribution in [2.45, 2.75) is 115 Å². The molecule has 1 N–H and O–H groups in total. The van der Waals surface area contributed by atoms with Gasteiger partial charge in [0.2, 0.25) is 0 Å². The van der Waals surface area contributed by atoms with Gasteiger partial charge in [-0.1, -0.05) is 20.8 Å².